The molecule has 0 aliphatic carbocycles. The fourth-order valence-corrected chi connectivity index (χ4v) is 3.95. The molecule has 1 amide bonds. The number of hydrogen-bond acceptors (Lipinski definition) is 2. The molecule has 0 atom stereocenters. The van der Waals surface area contributed by atoms with Gasteiger partial charge in [0.25, 0.3) is 5.91 Å². The van der Waals surface area contributed by atoms with E-state index in [1.807, 2.05) is 61.5 Å². The van der Waals surface area contributed by atoms with Crippen LogP contribution in [0.1, 0.15) is 15.9 Å². The third-order valence-electron chi connectivity index (χ3n) is 5.69. The third-order valence-corrected chi connectivity index (χ3v) is 5.69. The van der Waals surface area contributed by atoms with Gasteiger partial charge in [0.05, 0.1) is 22.6 Å². The first-order valence-electron chi connectivity index (χ1n) is 11.2. The van der Waals surface area contributed by atoms with E-state index in [2.05, 4.69) is 5.32 Å². The number of amides is 1. The second-order valence-electron chi connectivity index (χ2n) is 8.46. The Balaban J connectivity index is 1.78. The maximum atomic E-state index is 13.9. The number of likely N-dealkylation sites (N-methyl/N-ethyl adjacent to an activating group) is 1. The second-order valence-corrected chi connectivity index (χ2v) is 8.46. The number of rotatable bonds is 7. The third kappa shape index (κ3) is 5.46. The van der Waals surface area contributed by atoms with Crippen LogP contribution in [-0.4, -0.2) is 42.6 Å². The van der Waals surface area contributed by atoms with E-state index >= 15 is 0 Å². The molecule has 180 valence electrons. The molecule has 7 heteroatoms. The van der Waals surface area contributed by atoms with Crippen molar-refractivity contribution in [1.82, 2.24) is 14.8 Å². The smallest absolute Gasteiger partial charge is 0.351 e. The van der Waals surface area contributed by atoms with Gasteiger partial charge in [-0.1, -0.05) is 54.6 Å². The molecule has 0 radical (unpaired) electrons. The van der Waals surface area contributed by atoms with E-state index < -0.39 is 11.7 Å². The normalized spacial score (nSPS) is 11.6. The first-order valence-corrected chi connectivity index (χ1v) is 11.2. The van der Waals surface area contributed by atoms with Crippen molar-refractivity contribution in [2.24, 2.45) is 0 Å². The fraction of sp³-hybridized carbons (Fsp3) is 0.179. The number of para-hydroxylation sites is 1. The van der Waals surface area contributed by atoms with Crippen molar-refractivity contribution < 1.29 is 18.0 Å². The summed E-state index contributed by atoms with van der Waals surface area (Å²) in [7, 11) is 3.85. The lowest BCUT2D eigenvalue weighted by molar-refractivity contribution is -0.137. The molecule has 0 saturated carbocycles. The standard InChI is InChI=1S/C28H26F3N3O/c1-33(2)19-18-32-27(35)22-14-12-21(13-15-22)25-17-16-24(20-8-4-3-5-9-20)34(25)26-11-7-6-10-23(26)28(29,30)31/h3-17H,18-19H2,1-2H3,(H,32,35). The van der Waals surface area contributed by atoms with Gasteiger partial charge in [-0.3, -0.25) is 4.79 Å². The van der Waals surface area contributed by atoms with Gasteiger partial charge in [0, 0.05) is 18.7 Å². The Kier molecular flexibility index (Phi) is 7.07. The zero-order valence-corrected chi connectivity index (χ0v) is 19.5. The molecule has 0 spiro atoms. The quantitative estimate of drug-likeness (QED) is 0.348. The first kappa shape index (κ1) is 24.3. The van der Waals surface area contributed by atoms with Gasteiger partial charge < -0.3 is 14.8 Å². The number of alkyl halides is 3. The number of carbonyl (C=O) groups is 1. The lowest BCUT2D eigenvalue weighted by atomic mass is 10.1. The van der Waals surface area contributed by atoms with Crippen molar-refractivity contribution in [3.8, 4) is 28.2 Å². The average Bonchev–Trinajstić information content (AvgIpc) is 3.29. The van der Waals surface area contributed by atoms with E-state index in [1.54, 1.807) is 34.9 Å². The SMILES string of the molecule is CN(C)CCNC(=O)c1ccc(-c2ccc(-c3ccccc3)n2-c2ccccc2C(F)(F)F)cc1. The summed E-state index contributed by atoms with van der Waals surface area (Å²) in [4.78, 5) is 14.4. The molecule has 1 aromatic heterocycles. The van der Waals surface area contributed by atoms with Crippen molar-refractivity contribution in [2.45, 2.75) is 6.18 Å². The van der Waals surface area contributed by atoms with Gasteiger partial charge in [-0.25, -0.2) is 0 Å². The largest absolute Gasteiger partial charge is 0.418 e. The summed E-state index contributed by atoms with van der Waals surface area (Å²) in [5, 5.41) is 2.87. The summed E-state index contributed by atoms with van der Waals surface area (Å²) < 4.78 is 43.5. The van der Waals surface area contributed by atoms with E-state index in [4.69, 9.17) is 0 Å². The lowest BCUT2D eigenvalue weighted by Gasteiger charge is -2.19. The second kappa shape index (κ2) is 10.2. The molecule has 1 N–H and O–H groups in total. The van der Waals surface area contributed by atoms with Crippen LogP contribution >= 0.6 is 0 Å². The van der Waals surface area contributed by atoms with Gasteiger partial charge in [-0.15, -0.1) is 0 Å². The van der Waals surface area contributed by atoms with Crippen LogP contribution in [0.25, 0.3) is 28.2 Å². The first-order chi connectivity index (χ1) is 16.8. The Labute approximate surface area is 202 Å². The van der Waals surface area contributed by atoms with Gasteiger partial charge in [0.2, 0.25) is 0 Å². The van der Waals surface area contributed by atoms with Gasteiger partial charge in [0.15, 0.2) is 0 Å². The minimum Gasteiger partial charge on any atom is -0.351 e. The summed E-state index contributed by atoms with van der Waals surface area (Å²) in [6, 6.07) is 25.4. The number of benzene rings is 3. The van der Waals surface area contributed by atoms with E-state index in [0.29, 0.717) is 29.1 Å². The maximum absolute atomic E-state index is 13.9. The van der Waals surface area contributed by atoms with E-state index in [0.717, 1.165) is 18.2 Å². The number of aromatic nitrogens is 1. The van der Waals surface area contributed by atoms with Crippen molar-refractivity contribution in [2.75, 3.05) is 27.2 Å². The van der Waals surface area contributed by atoms with Crippen LogP contribution in [0.2, 0.25) is 0 Å². The zero-order valence-electron chi connectivity index (χ0n) is 19.5. The molecule has 3 aromatic carbocycles. The Morgan fingerprint density at radius 1 is 0.800 bits per heavy atom. The molecular weight excluding hydrogens is 451 g/mol. The van der Waals surface area contributed by atoms with Crippen LogP contribution in [0.3, 0.4) is 0 Å². The molecule has 4 aromatic rings. The number of nitrogens with one attached hydrogen (secondary N) is 1. The predicted octanol–water partition coefficient (Wildman–Crippen LogP) is 6.12. The van der Waals surface area contributed by atoms with Crippen LogP contribution < -0.4 is 5.32 Å². The topological polar surface area (TPSA) is 37.3 Å². The molecule has 0 aliphatic heterocycles. The van der Waals surface area contributed by atoms with Crippen molar-refractivity contribution in [1.29, 1.82) is 0 Å². The highest BCUT2D eigenvalue weighted by atomic mass is 19.4. The number of hydrogen-bond donors (Lipinski definition) is 1. The van der Waals surface area contributed by atoms with Crippen LogP contribution in [0, 0.1) is 0 Å². The number of halogens is 3. The molecule has 4 rings (SSSR count). The molecule has 0 unspecified atom stereocenters. The van der Waals surface area contributed by atoms with Crippen molar-refractivity contribution in [3.05, 3.63) is 102 Å². The maximum Gasteiger partial charge on any atom is 0.418 e. The Morgan fingerprint density at radius 3 is 1.97 bits per heavy atom. The highest BCUT2D eigenvalue weighted by molar-refractivity contribution is 5.94. The minimum absolute atomic E-state index is 0.0457. The molecular formula is C28H26F3N3O. The van der Waals surface area contributed by atoms with E-state index in [-0.39, 0.29) is 11.6 Å². The summed E-state index contributed by atoms with van der Waals surface area (Å²) >= 11 is 0. The molecule has 0 aliphatic rings. The van der Waals surface area contributed by atoms with Gasteiger partial charge in [0.1, 0.15) is 0 Å². The monoisotopic (exact) mass is 477 g/mol. The number of carbonyl (C=O) groups excluding carboxylic acids is 1. The van der Waals surface area contributed by atoms with Crippen LogP contribution in [0.5, 0.6) is 0 Å². The fourth-order valence-electron chi connectivity index (χ4n) is 3.95. The van der Waals surface area contributed by atoms with Crippen molar-refractivity contribution >= 4 is 5.91 Å². The molecule has 4 nitrogen and oxygen atoms in total. The van der Waals surface area contributed by atoms with Gasteiger partial charge >= 0.3 is 6.18 Å². The predicted molar refractivity (Wildman–Crippen MR) is 133 cm³/mol. The highest BCUT2D eigenvalue weighted by Crippen LogP contribution is 2.39. The minimum atomic E-state index is -4.51. The van der Waals surface area contributed by atoms with Crippen LogP contribution in [0.15, 0.2) is 91.0 Å². The van der Waals surface area contributed by atoms with Gasteiger partial charge in [-0.05, 0) is 61.6 Å². The van der Waals surface area contributed by atoms with E-state index in [9.17, 15) is 18.0 Å². The molecule has 0 saturated heterocycles. The van der Waals surface area contributed by atoms with Gasteiger partial charge in [-0.2, -0.15) is 13.2 Å². The Bertz CT molecular complexity index is 1290. The summed E-state index contributed by atoms with van der Waals surface area (Å²) in [5.41, 5.74) is 2.56. The molecule has 35 heavy (non-hydrogen) atoms. The molecule has 0 fully saturated rings. The van der Waals surface area contributed by atoms with Crippen molar-refractivity contribution in [3.63, 3.8) is 0 Å². The summed E-state index contributed by atoms with van der Waals surface area (Å²) in [6.07, 6.45) is -4.51. The summed E-state index contributed by atoms with van der Waals surface area (Å²) in [6.45, 7) is 1.24. The Hall–Kier alpha value is -3.84. The Morgan fingerprint density at radius 2 is 1.37 bits per heavy atom. The van der Waals surface area contributed by atoms with Crippen LogP contribution in [-0.2, 0) is 6.18 Å². The van der Waals surface area contributed by atoms with E-state index in [1.165, 1.54) is 12.1 Å². The molecule has 1 heterocycles. The number of nitrogens with zero attached hydrogens (tertiary/aromatic N) is 2. The highest BCUT2D eigenvalue weighted by Gasteiger charge is 2.34. The molecule has 0 bridgehead atoms. The average molecular weight is 478 g/mol. The summed E-state index contributed by atoms with van der Waals surface area (Å²) in [5.74, 6) is -0.193. The lowest BCUT2D eigenvalue weighted by Crippen LogP contribution is -2.31. The zero-order chi connectivity index (χ0) is 25.0. The van der Waals surface area contributed by atoms with Crippen LogP contribution in [0.4, 0.5) is 13.2 Å².